The van der Waals surface area contributed by atoms with E-state index in [1.807, 2.05) is 6.92 Å². The zero-order valence-electron chi connectivity index (χ0n) is 15.9. The first kappa shape index (κ1) is 20.8. The smallest absolute Gasteiger partial charge is 0.395 e. The fourth-order valence-electron chi connectivity index (χ4n) is 3.26. The monoisotopic (exact) mass is 402 g/mol. The molecule has 0 aliphatic carbocycles. The highest BCUT2D eigenvalue weighted by Gasteiger charge is 2.34. The number of carbonyl (C=O) groups is 1. The summed E-state index contributed by atoms with van der Waals surface area (Å²) in [4.78, 5) is 16.3. The van der Waals surface area contributed by atoms with Crippen molar-refractivity contribution in [2.24, 2.45) is 0 Å². The van der Waals surface area contributed by atoms with E-state index in [9.17, 15) is 18.0 Å². The summed E-state index contributed by atoms with van der Waals surface area (Å²) < 4.78 is 41.7. The Hall–Kier alpha value is -2.93. The molecule has 7 heteroatoms. The molecule has 2 N–H and O–H groups in total. The lowest BCUT2D eigenvalue weighted by atomic mass is 9.95. The second kappa shape index (κ2) is 8.61. The van der Waals surface area contributed by atoms with Gasteiger partial charge in [-0.25, -0.2) is 4.98 Å². The summed E-state index contributed by atoms with van der Waals surface area (Å²) in [5, 5.41) is 11.7. The van der Waals surface area contributed by atoms with E-state index >= 15 is 0 Å². The van der Waals surface area contributed by atoms with E-state index in [1.54, 1.807) is 36.4 Å². The topological polar surface area (TPSA) is 62.2 Å². The number of halogens is 3. The normalized spacial score (nSPS) is 11.6. The zero-order valence-corrected chi connectivity index (χ0v) is 15.9. The minimum absolute atomic E-state index is 0.000729. The van der Waals surface area contributed by atoms with Gasteiger partial charge in [0, 0.05) is 11.9 Å². The Balaban J connectivity index is 2.29. The minimum Gasteiger partial charge on any atom is -0.395 e. The van der Waals surface area contributed by atoms with Crippen LogP contribution >= 0.6 is 0 Å². The predicted molar refractivity (Wildman–Crippen MR) is 106 cm³/mol. The SMILES string of the molecule is CCCc1cc(C(=O)NCCO)nc2c(C(F)(F)F)cc(-c3ccccc3)cc12. The van der Waals surface area contributed by atoms with Crippen molar-refractivity contribution in [2.75, 3.05) is 13.2 Å². The van der Waals surface area contributed by atoms with E-state index in [4.69, 9.17) is 5.11 Å². The number of alkyl halides is 3. The quantitative estimate of drug-likeness (QED) is 0.634. The van der Waals surface area contributed by atoms with Crippen molar-refractivity contribution >= 4 is 16.8 Å². The molecule has 0 unspecified atom stereocenters. The maximum Gasteiger partial charge on any atom is 0.418 e. The largest absolute Gasteiger partial charge is 0.418 e. The molecule has 0 atom stereocenters. The van der Waals surface area contributed by atoms with Crippen LogP contribution < -0.4 is 5.32 Å². The molecule has 0 radical (unpaired) electrons. The number of aromatic nitrogens is 1. The van der Waals surface area contributed by atoms with Gasteiger partial charge in [0.05, 0.1) is 17.7 Å². The van der Waals surface area contributed by atoms with Crippen molar-refractivity contribution in [1.82, 2.24) is 10.3 Å². The molecule has 3 rings (SSSR count). The highest BCUT2D eigenvalue weighted by molar-refractivity contribution is 5.98. The van der Waals surface area contributed by atoms with Crippen LogP contribution in [0.4, 0.5) is 13.2 Å². The lowest BCUT2D eigenvalue weighted by Gasteiger charge is -2.16. The van der Waals surface area contributed by atoms with Crippen molar-refractivity contribution in [1.29, 1.82) is 0 Å². The van der Waals surface area contributed by atoms with E-state index in [-0.39, 0.29) is 24.4 Å². The van der Waals surface area contributed by atoms with Crippen LogP contribution in [0.3, 0.4) is 0 Å². The third kappa shape index (κ3) is 4.56. The maximum atomic E-state index is 13.9. The number of hydrogen-bond donors (Lipinski definition) is 2. The van der Waals surface area contributed by atoms with Crippen molar-refractivity contribution in [3.8, 4) is 11.1 Å². The highest BCUT2D eigenvalue weighted by atomic mass is 19.4. The second-order valence-corrected chi connectivity index (χ2v) is 6.68. The van der Waals surface area contributed by atoms with Crippen LogP contribution in [0.25, 0.3) is 22.0 Å². The van der Waals surface area contributed by atoms with Crippen LogP contribution in [0.15, 0.2) is 48.5 Å². The number of fused-ring (bicyclic) bond motifs is 1. The third-order valence-electron chi connectivity index (χ3n) is 4.56. The van der Waals surface area contributed by atoms with Gasteiger partial charge in [-0.3, -0.25) is 4.79 Å². The number of nitrogens with zero attached hydrogens (tertiary/aromatic N) is 1. The van der Waals surface area contributed by atoms with Crippen LogP contribution in [0.2, 0.25) is 0 Å². The number of nitrogens with one attached hydrogen (secondary N) is 1. The Bertz CT molecular complexity index is 1020. The van der Waals surface area contributed by atoms with Crippen LogP contribution in [-0.2, 0) is 12.6 Å². The average molecular weight is 402 g/mol. The Labute approximate surface area is 166 Å². The van der Waals surface area contributed by atoms with Crippen molar-refractivity contribution < 1.29 is 23.1 Å². The second-order valence-electron chi connectivity index (χ2n) is 6.68. The number of pyridine rings is 1. The van der Waals surface area contributed by atoms with Crippen LogP contribution in [0, 0.1) is 0 Å². The van der Waals surface area contributed by atoms with Gasteiger partial charge in [0.25, 0.3) is 5.91 Å². The summed E-state index contributed by atoms with van der Waals surface area (Å²) in [6.07, 6.45) is -3.41. The molecule has 0 bridgehead atoms. The molecule has 0 aliphatic heterocycles. The Morgan fingerprint density at radius 1 is 1.10 bits per heavy atom. The average Bonchev–Trinajstić information content (AvgIpc) is 2.71. The molecule has 1 aromatic heterocycles. The number of amides is 1. The molecule has 4 nitrogen and oxygen atoms in total. The Kier molecular flexibility index (Phi) is 6.17. The lowest BCUT2D eigenvalue weighted by molar-refractivity contribution is -0.136. The third-order valence-corrected chi connectivity index (χ3v) is 4.56. The fourth-order valence-corrected chi connectivity index (χ4v) is 3.26. The molecule has 0 saturated carbocycles. The molecule has 0 aliphatic rings. The molecule has 3 aromatic rings. The molecule has 0 saturated heterocycles. The summed E-state index contributed by atoms with van der Waals surface area (Å²) in [5.74, 6) is -0.612. The summed E-state index contributed by atoms with van der Waals surface area (Å²) in [6, 6.07) is 13.2. The van der Waals surface area contributed by atoms with Crippen molar-refractivity contribution in [3.63, 3.8) is 0 Å². The standard InChI is InChI=1S/C22H21F3N2O2/c1-2-6-15-13-19(21(29)26-9-10-28)27-20-17(15)11-16(12-18(20)22(23,24)25)14-7-4-3-5-8-14/h3-5,7-8,11-13,28H,2,6,9-10H2,1H3,(H,26,29). The van der Waals surface area contributed by atoms with E-state index in [1.165, 1.54) is 6.07 Å². The number of aliphatic hydroxyl groups excluding tert-OH is 1. The van der Waals surface area contributed by atoms with Gasteiger partial charge in [0.15, 0.2) is 0 Å². The first-order chi connectivity index (χ1) is 13.8. The number of hydrogen-bond acceptors (Lipinski definition) is 3. The molecule has 152 valence electrons. The maximum absolute atomic E-state index is 13.9. The molecular formula is C22H21F3N2O2. The first-order valence-electron chi connectivity index (χ1n) is 9.34. The predicted octanol–water partition coefficient (Wildman–Crippen LogP) is 4.60. The number of benzene rings is 2. The van der Waals surface area contributed by atoms with E-state index < -0.39 is 17.6 Å². The van der Waals surface area contributed by atoms with E-state index in [2.05, 4.69) is 10.3 Å². The Morgan fingerprint density at radius 2 is 1.83 bits per heavy atom. The lowest BCUT2D eigenvalue weighted by Crippen LogP contribution is -2.27. The minimum atomic E-state index is -4.63. The van der Waals surface area contributed by atoms with Gasteiger partial charge in [-0.05, 0) is 41.3 Å². The van der Waals surface area contributed by atoms with Gasteiger partial charge >= 0.3 is 6.18 Å². The zero-order chi connectivity index (χ0) is 21.0. The van der Waals surface area contributed by atoms with Gasteiger partial charge in [-0.15, -0.1) is 0 Å². The fraction of sp³-hybridized carbons (Fsp3) is 0.273. The number of aryl methyl sites for hydroxylation is 1. The summed E-state index contributed by atoms with van der Waals surface area (Å²) >= 11 is 0. The van der Waals surface area contributed by atoms with E-state index in [0.717, 1.165) is 6.07 Å². The summed E-state index contributed by atoms with van der Waals surface area (Å²) in [5.41, 5.74) is 0.553. The number of rotatable bonds is 6. The van der Waals surface area contributed by atoms with Gasteiger partial charge < -0.3 is 10.4 Å². The first-order valence-corrected chi connectivity index (χ1v) is 9.34. The van der Waals surface area contributed by atoms with Gasteiger partial charge in [-0.1, -0.05) is 43.7 Å². The van der Waals surface area contributed by atoms with Gasteiger partial charge in [0.1, 0.15) is 5.69 Å². The van der Waals surface area contributed by atoms with Crippen molar-refractivity contribution in [2.45, 2.75) is 25.9 Å². The molecule has 0 fully saturated rings. The number of aliphatic hydroxyl groups is 1. The highest BCUT2D eigenvalue weighted by Crippen LogP contribution is 2.38. The summed E-state index contributed by atoms with van der Waals surface area (Å²) in [6.45, 7) is 1.65. The molecular weight excluding hydrogens is 381 g/mol. The van der Waals surface area contributed by atoms with E-state index in [0.29, 0.717) is 34.9 Å². The Morgan fingerprint density at radius 3 is 2.45 bits per heavy atom. The van der Waals surface area contributed by atoms with Crippen LogP contribution in [0.1, 0.15) is 35.0 Å². The number of carbonyl (C=O) groups excluding carboxylic acids is 1. The summed E-state index contributed by atoms with van der Waals surface area (Å²) in [7, 11) is 0. The molecule has 0 spiro atoms. The molecule has 29 heavy (non-hydrogen) atoms. The molecule has 1 amide bonds. The molecule has 1 heterocycles. The van der Waals surface area contributed by atoms with Crippen LogP contribution in [0.5, 0.6) is 0 Å². The van der Waals surface area contributed by atoms with Gasteiger partial charge in [0.2, 0.25) is 0 Å². The molecule has 2 aromatic carbocycles. The van der Waals surface area contributed by atoms with Crippen LogP contribution in [-0.4, -0.2) is 29.1 Å². The van der Waals surface area contributed by atoms with Gasteiger partial charge in [-0.2, -0.15) is 13.2 Å². The van der Waals surface area contributed by atoms with Crippen molar-refractivity contribution in [3.05, 3.63) is 65.4 Å².